The summed E-state index contributed by atoms with van der Waals surface area (Å²) in [6.45, 7) is 9.10. The smallest absolute Gasteiger partial charge is 0.191 e. The van der Waals surface area contributed by atoms with E-state index in [1.54, 1.807) is 0 Å². The summed E-state index contributed by atoms with van der Waals surface area (Å²) in [7, 11) is 6.13. The summed E-state index contributed by atoms with van der Waals surface area (Å²) in [6.07, 6.45) is 6.35. The molecule has 1 unspecified atom stereocenters. The lowest BCUT2D eigenvalue weighted by Gasteiger charge is -2.24. The van der Waals surface area contributed by atoms with Crippen molar-refractivity contribution >= 4 is 29.9 Å². The van der Waals surface area contributed by atoms with E-state index in [2.05, 4.69) is 61.7 Å². The molecule has 0 radical (unpaired) electrons. The summed E-state index contributed by atoms with van der Waals surface area (Å²) in [5, 5.41) is 11.1. The summed E-state index contributed by atoms with van der Waals surface area (Å²) in [5.41, 5.74) is 1.21. The fourth-order valence-corrected chi connectivity index (χ4v) is 2.51. The Kier molecular flexibility index (Phi) is 12.1. The van der Waals surface area contributed by atoms with Crippen molar-refractivity contribution in [2.75, 3.05) is 33.7 Å². The largest absolute Gasteiger partial charge is 0.357 e. The minimum Gasteiger partial charge on any atom is -0.357 e. The van der Waals surface area contributed by atoms with Crippen molar-refractivity contribution in [1.29, 1.82) is 0 Å². The fraction of sp³-hybridized carbons (Fsp3) is 0.765. The second-order valence-electron chi connectivity index (χ2n) is 6.21. The second kappa shape index (κ2) is 12.5. The molecule has 1 rings (SSSR count). The molecule has 0 aliphatic carbocycles. The van der Waals surface area contributed by atoms with Crippen LogP contribution < -0.4 is 10.6 Å². The van der Waals surface area contributed by atoms with Crippen molar-refractivity contribution in [3.05, 3.63) is 18.0 Å². The first-order valence-corrected chi connectivity index (χ1v) is 8.68. The minimum atomic E-state index is 0. The molecule has 140 valence electrons. The normalized spacial score (nSPS) is 13.1. The number of guanidine groups is 1. The van der Waals surface area contributed by atoms with Gasteiger partial charge in [0.15, 0.2) is 5.96 Å². The maximum absolute atomic E-state index is 4.74. The van der Waals surface area contributed by atoms with Gasteiger partial charge in [0.05, 0.1) is 12.2 Å². The third kappa shape index (κ3) is 7.83. The van der Waals surface area contributed by atoms with Gasteiger partial charge in [-0.3, -0.25) is 9.67 Å². The van der Waals surface area contributed by atoms with Gasteiger partial charge in [-0.25, -0.2) is 0 Å². The van der Waals surface area contributed by atoms with Crippen molar-refractivity contribution < 1.29 is 0 Å². The molecule has 1 aromatic rings. The van der Waals surface area contributed by atoms with Crippen molar-refractivity contribution in [2.24, 2.45) is 18.0 Å². The average molecular weight is 450 g/mol. The molecule has 6 nitrogen and oxygen atoms in total. The van der Waals surface area contributed by atoms with Gasteiger partial charge in [-0.15, -0.1) is 24.0 Å². The Morgan fingerprint density at radius 3 is 2.38 bits per heavy atom. The highest BCUT2D eigenvalue weighted by Gasteiger charge is 2.16. The van der Waals surface area contributed by atoms with Crippen LogP contribution in [-0.2, 0) is 7.05 Å². The van der Waals surface area contributed by atoms with Crippen molar-refractivity contribution in [3.8, 4) is 0 Å². The van der Waals surface area contributed by atoms with Gasteiger partial charge in [0.25, 0.3) is 0 Å². The number of likely N-dealkylation sites (N-methyl/N-ethyl adjacent to an activating group) is 1. The van der Waals surface area contributed by atoms with Gasteiger partial charge in [-0.1, -0.05) is 26.7 Å². The Morgan fingerprint density at radius 1 is 1.25 bits per heavy atom. The van der Waals surface area contributed by atoms with Crippen LogP contribution in [0.3, 0.4) is 0 Å². The number of aromatic nitrogens is 2. The average Bonchev–Trinajstić information content (AvgIpc) is 2.94. The van der Waals surface area contributed by atoms with E-state index in [9.17, 15) is 0 Å². The summed E-state index contributed by atoms with van der Waals surface area (Å²) in [4.78, 5) is 6.94. The Bertz CT molecular complexity index is 467. The molecule has 1 atom stereocenters. The molecule has 24 heavy (non-hydrogen) atoms. The predicted octanol–water partition coefficient (Wildman–Crippen LogP) is 2.63. The Hall–Kier alpha value is -0.830. The molecule has 2 N–H and O–H groups in total. The van der Waals surface area contributed by atoms with Gasteiger partial charge < -0.3 is 15.5 Å². The molecule has 0 fully saturated rings. The lowest BCUT2D eigenvalue weighted by atomic mass is 10.0. The van der Waals surface area contributed by atoms with E-state index in [0.717, 1.165) is 25.6 Å². The maximum Gasteiger partial charge on any atom is 0.191 e. The van der Waals surface area contributed by atoms with Crippen LogP contribution in [0, 0.1) is 5.92 Å². The number of rotatable bonds is 9. The molecule has 0 aliphatic heterocycles. The summed E-state index contributed by atoms with van der Waals surface area (Å²) in [5.74, 6) is 1.56. The van der Waals surface area contributed by atoms with E-state index in [1.165, 1.54) is 18.4 Å². The number of halogens is 1. The van der Waals surface area contributed by atoms with E-state index in [-0.39, 0.29) is 30.0 Å². The van der Waals surface area contributed by atoms with Crippen LogP contribution in [0.4, 0.5) is 0 Å². The van der Waals surface area contributed by atoms with Crippen LogP contribution >= 0.6 is 24.0 Å². The van der Waals surface area contributed by atoms with E-state index in [4.69, 9.17) is 4.99 Å². The lowest BCUT2D eigenvalue weighted by Crippen LogP contribution is -2.42. The zero-order valence-corrected chi connectivity index (χ0v) is 18.4. The molecule has 7 heteroatoms. The predicted molar refractivity (Wildman–Crippen MR) is 113 cm³/mol. The number of nitrogens with zero attached hydrogens (tertiary/aromatic N) is 4. The third-order valence-corrected chi connectivity index (χ3v) is 4.20. The number of hydrogen-bond donors (Lipinski definition) is 2. The molecule has 0 amide bonds. The standard InChI is InChI=1S/C17H34N6.HI/c1-7-14(8-2)10-19-17(18-9-3)20-12-16(22(4)5)15-11-21-23(6)13-15;/h11,13-14,16H,7-10,12H2,1-6H3,(H2,18,19,20);1H. The van der Waals surface area contributed by atoms with Gasteiger partial charge in [-0.05, 0) is 26.9 Å². The highest BCUT2D eigenvalue weighted by atomic mass is 127. The second-order valence-corrected chi connectivity index (χ2v) is 6.21. The lowest BCUT2D eigenvalue weighted by molar-refractivity contribution is 0.298. The summed E-state index contributed by atoms with van der Waals surface area (Å²) >= 11 is 0. The van der Waals surface area contributed by atoms with Crippen LogP contribution in [0.25, 0.3) is 0 Å². The molecule has 0 aliphatic rings. The minimum absolute atomic E-state index is 0. The van der Waals surface area contributed by atoms with Gasteiger partial charge in [0, 0.05) is 38.4 Å². The molecule has 0 aromatic carbocycles. The zero-order valence-electron chi connectivity index (χ0n) is 16.0. The van der Waals surface area contributed by atoms with Gasteiger partial charge >= 0.3 is 0 Å². The van der Waals surface area contributed by atoms with Crippen molar-refractivity contribution in [1.82, 2.24) is 25.3 Å². The van der Waals surface area contributed by atoms with Crippen molar-refractivity contribution in [2.45, 2.75) is 39.7 Å². The molecule has 1 heterocycles. The Labute approximate surface area is 164 Å². The third-order valence-electron chi connectivity index (χ3n) is 4.20. The fourth-order valence-electron chi connectivity index (χ4n) is 2.51. The Balaban J connectivity index is 0.00000529. The number of aliphatic imine (C=N–C) groups is 1. The molecular formula is C17H35IN6. The topological polar surface area (TPSA) is 57.5 Å². The van der Waals surface area contributed by atoms with E-state index in [1.807, 2.05) is 17.9 Å². The van der Waals surface area contributed by atoms with Gasteiger partial charge in [-0.2, -0.15) is 5.10 Å². The quantitative estimate of drug-likeness (QED) is 0.345. The monoisotopic (exact) mass is 450 g/mol. The van der Waals surface area contributed by atoms with Crippen molar-refractivity contribution in [3.63, 3.8) is 0 Å². The molecule has 0 saturated heterocycles. The van der Waals surface area contributed by atoms with Gasteiger partial charge in [0.1, 0.15) is 0 Å². The van der Waals surface area contributed by atoms with E-state index < -0.39 is 0 Å². The molecule has 0 bridgehead atoms. The van der Waals surface area contributed by atoms with E-state index in [0.29, 0.717) is 5.92 Å². The van der Waals surface area contributed by atoms with Crippen LogP contribution in [0.15, 0.2) is 17.4 Å². The molecule has 1 aromatic heterocycles. The number of hydrogen-bond acceptors (Lipinski definition) is 3. The zero-order chi connectivity index (χ0) is 17.2. The van der Waals surface area contributed by atoms with Crippen LogP contribution in [0.2, 0.25) is 0 Å². The SMILES string of the molecule is CCNC(=NCC(CC)CC)NCC(c1cnn(C)c1)N(C)C.I. The first-order valence-electron chi connectivity index (χ1n) is 8.68. The first kappa shape index (κ1) is 23.2. The van der Waals surface area contributed by atoms with Crippen LogP contribution in [-0.4, -0.2) is 54.4 Å². The maximum atomic E-state index is 4.74. The highest BCUT2D eigenvalue weighted by molar-refractivity contribution is 14.0. The van der Waals surface area contributed by atoms with Crippen LogP contribution in [0.5, 0.6) is 0 Å². The molecule has 0 saturated carbocycles. The highest BCUT2D eigenvalue weighted by Crippen LogP contribution is 2.16. The molecular weight excluding hydrogens is 415 g/mol. The Morgan fingerprint density at radius 2 is 1.92 bits per heavy atom. The first-order chi connectivity index (χ1) is 11.0. The van der Waals surface area contributed by atoms with E-state index >= 15 is 0 Å². The molecule has 0 spiro atoms. The van der Waals surface area contributed by atoms with Crippen LogP contribution in [0.1, 0.15) is 45.2 Å². The summed E-state index contributed by atoms with van der Waals surface area (Å²) in [6, 6.07) is 0.265. The summed E-state index contributed by atoms with van der Waals surface area (Å²) < 4.78 is 1.85. The number of nitrogens with one attached hydrogen (secondary N) is 2. The van der Waals surface area contributed by atoms with Gasteiger partial charge in [0.2, 0.25) is 0 Å². The number of aryl methyl sites for hydroxylation is 1.